The van der Waals surface area contributed by atoms with Crippen molar-refractivity contribution in [1.82, 2.24) is 9.97 Å². The lowest BCUT2D eigenvalue weighted by Crippen LogP contribution is -2.17. The molecule has 0 bridgehead atoms. The highest BCUT2D eigenvalue weighted by Crippen LogP contribution is 2.22. The summed E-state index contributed by atoms with van der Waals surface area (Å²) < 4.78 is 1.13. The molecule has 0 saturated carbocycles. The Morgan fingerprint density at radius 2 is 2.21 bits per heavy atom. The molecular weight excluding hydrogens is 324 g/mol. The van der Waals surface area contributed by atoms with Gasteiger partial charge in [0.2, 0.25) is 0 Å². The van der Waals surface area contributed by atoms with Gasteiger partial charge in [-0.2, -0.15) is 0 Å². The monoisotopic (exact) mass is 340 g/mol. The zero-order chi connectivity index (χ0) is 13.7. The summed E-state index contributed by atoms with van der Waals surface area (Å²) in [6.07, 6.45) is 2.69. The van der Waals surface area contributed by atoms with Gasteiger partial charge >= 0.3 is 0 Å². The van der Waals surface area contributed by atoms with Crippen molar-refractivity contribution in [2.75, 3.05) is 23.8 Å². The van der Waals surface area contributed by atoms with Gasteiger partial charge in [0.05, 0.1) is 6.54 Å². The first-order valence-electron chi connectivity index (χ1n) is 6.19. The summed E-state index contributed by atoms with van der Waals surface area (Å²) in [6, 6.07) is 4.12. The van der Waals surface area contributed by atoms with Crippen LogP contribution in [0.15, 0.2) is 28.3 Å². The van der Waals surface area contributed by atoms with Crippen LogP contribution in [0, 0.1) is 0 Å². The van der Waals surface area contributed by atoms with Crippen molar-refractivity contribution in [1.29, 1.82) is 0 Å². The van der Waals surface area contributed by atoms with Crippen molar-refractivity contribution >= 4 is 38.9 Å². The summed E-state index contributed by atoms with van der Waals surface area (Å²) in [5, 5.41) is 5.37. The Labute approximate surface area is 126 Å². The molecule has 6 heteroatoms. The maximum Gasteiger partial charge on any atom is 0.134 e. The molecule has 0 unspecified atom stereocenters. The van der Waals surface area contributed by atoms with Gasteiger partial charge in [-0.05, 0) is 28.4 Å². The van der Waals surface area contributed by atoms with Crippen molar-refractivity contribution in [2.45, 2.75) is 19.9 Å². The standard InChI is InChI=1S/C13H17BrN4S/c1-3-4-15-12-6-13(17-9-16-12)18(2)7-11-5-10(14)8-19-11/h5-6,8-9H,3-4,7H2,1-2H3,(H,15,16,17). The Kier molecular flexibility index (Phi) is 5.15. The number of rotatable bonds is 6. The second kappa shape index (κ2) is 6.86. The van der Waals surface area contributed by atoms with E-state index in [2.05, 4.69) is 54.5 Å². The molecule has 2 heterocycles. The minimum Gasteiger partial charge on any atom is -0.370 e. The summed E-state index contributed by atoms with van der Waals surface area (Å²) in [6.45, 7) is 3.91. The van der Waals surface area contributed by atoms with Gasteiger partial charge in [-0.1, -0.05) is 6.92 Å². The van der Waals surface area contributed by atoms with Crippen molar-refractivity contribution in [2.24, 2.45) is 0 Å². The third-order valence-electron chi connectivity index (χ3n) is 2.61. The number of nitrogens with one attached hydrogen (secondary N) is 1. The predicted molar refractivity (Wildman–Crippen MR) is 84.9 cm³/mol. The van der Waals surface area contributed by atoms with Gasteiger partial charge in [-0.15, -0.1) is 11.3 Å². The number of thiophene rings is 1. The van der Waals surface area contributed by atoms with E-state index in [0.717, 1.165) is 35.6 Å². The number of hydrogen-bond acceptors (Lipinski definition) is 5. The van der Waals surface area contributed by atoms with Crippen molar-refractivity contribution in [3.63, 3.8) is 0 Å². The molecule has 0 aromatic carbocycles. The molecule has 2 aromatic rings. The molecule has 19 heavy (non-hydrogen) atoms. The van der Waals surface area contributed by atoms with E-state index in [-0.39, 0.29) is 0 Å². The Morgan fingerprint density at radius 1 is 1.37 bits per heavy atom. The van der Waals surface area contributed by atoms with Gasteiger partial charge in [0.15, 0.2) is 0 Å². The molecule has 0 amide bonds. The Balaban J connectivity index is 2.03. The highest BCUT2D eigenvalue weighted by Gasteiger charge is 2.06. The maximum atomic E-state index is 4.32. The molecule has 0 atom stereocenters. The van der Waals surface area contributed by atoms with Crippen molar-refractivity contribution in [3.8, 4) is 0 Å². The second-order valence-corrected chi connectivity index (χ2v) is 6.19. The molecule has 0 radical (unpaired) electrons. The molecule has 2 aromatic heterocycles. The van der Waals surface area contributed by atoms with Gasteiger partial charge in [-0.25, -0.2) is 9.97 Å². The van der Waals surface area contributed by atoms with Crippen LogP contribution in [0.1, 0.15) is 18.2 Å². The second-order valence-electron chi connectivity index (χ2n) is 4.28. The largest absolute Gasteiger partial charge is 0.370 e. The van der Waals surface area contributed by atoms with Crippen LogP contribution in [0.5, 0.6) is 0 Å². The third-order valence-corrected chi connectivity index (χ3v) is 4.30. The summed E-state index contributed by atoms with van der Waals surface area (Å²) >= 11 is 5.22. The van der Waals surface area contributed by atoms with Crippen molar-refractivity contribution in [3.05, 3.63) is 33.2 Å². The third kappa shape index (κ3) is 4.18. The van der Waals surface area contributed by atoms with Crippen LogP contribution in [-0.2, 0) is 6.54 Å². The van der Waals surface area contributed by atoms with Crippen LogP contribution in [-0.4, -0.2) is 23.6 Å². The van der Waals surface area contributed by atoms with Gasteiger partial charge in [0, 0.05) is 34.4 Å². The number of nitrogens with zero attached hydrogens (tertiary/aromatic N) is 3. The van der Waals surface area contributed by atoms with Crippen LogP contribution in [0.2, 0.25) is 0 Å². The number of halogens is 1. The lowest BCUT2D eigenvalue weighted by atomic mass is 10.4. The quantitative estimate of drug-likeness (QED) is 0.869. The topological polar surface area (TPSA) is 41.0 Å². The Hall–Kier alpha value is -1.14. The van der Waals surface area contributed by atoms with Crippen LogP contribution in [0.25, 0.3) is 0 Å². The van der Waals surface area contributed by atoms with Crippen LogP contribution in [0.3, 0.4) is 0 Å². The smallest absolute Gasteiger partial charge is 0.134 e. The molecule has 0 aliphatic heterocycles. The van der Waals surface area contributed by atoms with Gasteiger partial charge < -0.3 is 10.2 Å². The maximum absolute atomic E-state index is 4.32. The lowest BCUT2D eigenvalue weighted by molar-refractivity contribution is 0.900. The van der Waals surface area contributed by atoms with E-state index in [1.54, 1.807) is 17.7 Å². The fraction of sp³-hybridized carbons (Fsp3) is 0.385. The first-order chi connectivity index (χ1) is 9.19. The minimum absolute atomic E-state index is 0.848. The molecule has 1 N–H and O–H groups in total. The molecule has 0 saturated heterocycles. The predicted octanol–water partition coefficient (Wildman–Crippen LogP) is 3.76. The fourth-order valence-corrected chi connectivity index (χ4v) is 3.16. The molecule has 0 fully saturated rings. The van der Waals surface area contributed by atoms with E-state index < -0.39 is 0 Å². The first-order valence-corrected chi connectivity index (χ1v) is 7.86. The average molecular weight is 341 g/mol. The number of anilines is 2. The van der Waals surface area contributed by atoms with Gasteiger partial charge in [-0.3, -0.25) is 0 Å². The molecule has 0 aliphatic rings. The highest BCUT2D eigenvalue weighted by atomic mass is 79.9. The van der Waals surface area contributed by atoms with Crippen LogP contribution in [0.4, 0.5) is 11.6 Å². The van der Waals surface area contributed by atoms with Crippen molar-refractivity contribution < 1.29 is 0 Å². The Bertz CT molecular complexity index is 529. The van der Waals surface area contributed by atoms with E-state index in [1.807, 2.05) is 13.1 Å². The van der Waals surface area contributed by atoms with Crippen LogP contribution < -0.4 is 10.2 Å². The molecule has 0 aliphatic carbocycles. The summed E-state index contributed by atoms with van der Waals surface area (Å²) in [7, 11) is 2.04. The highest BCUT2D eigenvalue weighted by molar-refractivity contribution is 9.10. The van der Waals surface area contributed by atoms with E-state index in [0.29, 0.717) is 0 Å². The lowest BCUT2D eigenvalue weighted by Gasteiger charge is -2.17. The molecule has 102 valence electrons. The number of hydrogen-bond donors (Lipinski definition) is 1. The SMILES string of the molecule is CCCNc1cc(N(C)Cc2cc(Br)cs2)ncn1. The van der Waals surface area contributed by atoms with Crippen LogP contribution >= 0.6 is 27.3 Å². The fourth-order valence-electron chi connectivity index (χ4n) is 1.66. The molecule has 2 rings (SSSR count). The van der Waals surface area contributed by atoms with Gasteiger partial charge in [0.25, 0.3) is 0 Å². The van der Waals surface area contributed by atoms with E-state index in [4.69, 9.17) is 0 Å². The van der Waals surface area contributed by atoms with E-state index in [9.17, 15) is 0 Å². The summed E-state index contributed by atoms with van der Waals surface area (Å²) in [4.78, 5) is 12.0. The Morgan fingerprint density at radius 3 is 2.89 bits per heavy atom. The minimum atomic E-state index is 0.848. The summed E-state index contributed by atoms with van der Waals surface area (Å²) in [5.74, 6) is 1.81. The molecule has 4 nitrogen and oxygen atoms in total. The first kappa shape index (κ1) is 14.3. The molecule has 0 spiro atoms. The average Bonchev–Trinajstić information content (AvgIpc) is 2.82. The van der Waals surface area contributed by atoms with Gasteiger partial charge in [0.1, 0.15) is 18.0 Å². The number of aromatic nitrogens is 2. The van der Waals surface area contributed by atoms with E-state index >= 15 is 0 Å². The van der Waals surface area contributed by atoms with E-state index in [1.165, 1.54) is 4.88 Å². The normalized spacial score (nSPS) is 10.5. The zero-order valence-electron chi connectivity index (χ0n) is 11.1. The molecular formula is C13H17BrN4S. The zero-order valence-corrected chi connectivity index (χ0v) is 13.5. The summed E-state index contributed by atoms with van der Waals surface area (Å²) in [5.41, 5.74) is 0.